The van der Waals surface area contributed by atoms with Crippen molar-refractivity contribution in [3.05, 3.63) is 35.4 Å². The Morgan fingerprint density at radius 2 is 2.33 bits per heavy atom. The molecular formula is C8H5ClN4O2. The summed E-state index contributed by atoms with van der Waals surface area (Å²) in [6.07, 6.45) is 2.74. The maximum atomic E-state index is 11.4. The Morgan fingerprint density at radius 1 is 1.47 bits per heavy atom. The highest BCUT2D eigenvalue weighted by atomic mass is 35.5. The van der Waals surface area contributed by atoms with Gasteiger partial charge in [0.05, 0.1) is 0 Å². The lowest BCUT2D eigenvalue weighted by Gasteiger charge is -1.99. The van der Waals surface area contributed by atoms with E-state index in [1.165, 1.54) is 24.6 Å². The van der Waals surface area contributed by atoms with Gasteiger partial charge < -0.3 is 4.52 Å². The number of aromatic nitrogens is 3. The summed E-state index contributed by atoms with van der Waals surface area (Å²) in [5.41, 5.74) is 0.151. The van der Waals surface area contributed by atoms with Gasteiger partial charge in [0.1, 0.15) is 11.4 Å². The lowest BCUT2D eigenvalue weighted by Crippen LogP contribution is -2.14. The third-order valence-corrected chi connectivity index (χ3v) is 1.73. The first-order chi connectivity index (χ1) is 7.25. The molecule has 0 fully saturated rings. The Hall–Kier alpha value is -1.95. The molecule has 2 rings (SSSR count). The zero-order valence-corrected chi connectivity index (χ0v) is 8.10. The van der Waals surface area contributed by atoms with Gasteiger partial charge in [0.25, 0.3) is 5.91 Å². The molecule has 0 unspecified atom stereocenters. The van der Waals surface area contributed by atoms with Gasteiger partial charge in [0.15, 0.2) is 5.69 Å². The van der Waals surface area contributed by atoms with Crippen molar-refractivity contribution in [2.45, 2.75) is 0 Å². The van der Waals surface area contributed by atoms with E-state index >= 15 is 0 Å². The number of amides is 1. The minimum absolute atomic E-state index is 0.121. The van der Waals surface area contributed by atoms with Crippen LogP contribution < -0.4 is 5.32 Å². The monoisotopic (exact) mass is 224 g/mol. The molecule has 6 nitrogen and oxygen atoms in total. The van der Waals surface area contributed by atoms with Crippen LogP contribution in [0.5, 0.6) is 0 Å². The molecule has 0 atom stereocenters. The fourth-order valence-electron chi connectivity index (χ4n) is 0.892. The van der Waals surface area contributed by atoms with E-state index in [0.29, 0.717) is 0 Å². The quantitative estimate of drug-likeness (QED) is 0.780. The maximum absolute atomic E-state index is 11.4. The van der Waals surface area contributed by atoms with Crippen LogP contribution >= 0.6 is 11.6 Å². The van der Waals surface area contributed by atoms with Crippen LogP contribution in [0.15, 0.2) is 29.1 Å². The first-order valence-electron chi connectivity index (χ1n) is 3.96. The van der Waals surface area contributed by atoms with Gasteiger partial charge >= 0.3 is 0 Å². The zero-order valence-electron chi connectivity index (χ0n) is 7.35. The molecule has 76 valence electrons. The topological polar surface area (TPSA) is 80.9 Å². The number of nitrogens with one attached hydrogen (secondary N) is 1. The van der Waals surface area contributed by atoms with Gasteiger partial charge in [0, 0.05) is 12.3 Å². The molecule has 2 aromatic heterocycles. The third kappa shape index (κ3) is 2.29. The van der Waals surface area contributed by atoms with Crippen LogP contribution in [0.25, 0.3) is 0 Å². The van der Waals surface area contributed by atoms with E-state index in [1.807, 2.05) is 0 Å². The minimum atomic E-state index is -0.453. The fourth-order valence-corrected chi connectivity index (χ4v) is 1.03. The predicted molar refractivity (Wildman–Crippen MR) is 51.5 cm³/mol. The van der Waals surface area contributed by atoms with Gasteiger partial charge in [0.2, 0.25) is 5.95 Å². The second-order valence-electron chi connectivity index (χ2n) is 2.54. The van der Waals surface area contributed by atoms with E-state index in [1.54, 1.807) is 0 Å². The molecular weight excluding hydrogens is 220 g/mol. The molecule has 0 aromatic carbocycles. The predicted octanol–water partition coefficient (Wildman–Crippen LogP) is 1.37. The lowest BCUT2D eigenvalue weighted by molar-refractivity contribution is 0.101. The molecule has 0 bridgehead atoms. The number of hydrogen-bond acceptors (Lipinski definition) is 5. The van der Waals surface area contributed by atoms with Crippen LogP contribution in [0.4, 0.5) is 5.95 Å². The summed E-state index contributed by atoms with van der Waals surface area (Å²) in [6.45, 7) is 0. The Bertz CT molecular complexity index is 471. The first-order valence-corrected chi connectivity index (χ1v) is 4.34. The molecule has 15 heavy (non-hydrogen) atoms. The molecule has 0 saturated carbocycles. The molecule has 0 aliphatic heterocycles. The van der Waals surface area contributed by atoms with E-state index < -0.39 is 5.91 Å². The van der Waals surface area contributed by atoms with Gasteiger partial charge in [-0.2, -0.15) is 0 Å². The van der Waals surface area contributed by atoms with Crippen molar-refractivity contribution in [3.8, 4) is 0 Å². The Morgan fingerprint density at radius 3 is 3.00 bits per heavy atom. The second-order valence-corrected chi connectivity index (χ2v) is 2.93. The molecule has 7 heteroatoms. The molecule has 0 spiro atoms. The van der Waals surface area contributed by atoms with E-state index in [2.05, 4.69) is 25.0 Å². The Balaban J connectivity index is 2.13. The van der Waals surface area contributed by atoms with Gasteiger partial charge in [-0.05, 0) is 6.07 Å². The summed E-state index contributed by atoms with van der Waals surface area (Å²) < 4.78 is 4.52. The highest BCUT2D eigenvalue weighted by Crippen LogP contribution is 2.06. The first kappa shape index (κ1) is 9.60. The van der Waals surface area contributed by atoms with E-state index in [-0.39, 0.29) is 16.8 Å². The van der Waals surface area contributed by atoms with Crippen LogP contribution in [0.1, 0.15) is 10.5 Å². The molecule has 0 aliphatic carbocycles. The smallest absolute Gasteiger partial charge is 0.280 e. The van der Waals surface area contributed by atoms with E-state index in [0.717, 1.165) is 0 Å². The average molecular weight is 225 g/mol. The second kappa shape index (κ2) is 4.05. The van der Waals surface area contributed by atoms with Crippen LogP contribution in [0, 0.1) is 0 Å². The Labute approximate surface area is 89.3 Å². The van der Waals surface area contributed by atoms with Crippen molar-refractivity contribution < 1.29 is 9.32 Å². The Kier molecular flexibility index (Phi) is 2.59. The number of carbonyl (C=O) groups excluding carboxylic acids is 1. The number of hydrogen-bond donors (Lipinski definition) is 1. The van der Waals surface area contributed by atoms with Gasteiger partial charge in [-0.25, -0.2) is 9.97 Å². The molecule has 1 amide bonds. The van der Waals surface area contributed by atoms with Crippen LogP contribution in [0.3, 0.4) is 0 Å². The number of halogens is 1. The largest absolute Gasteiger partial charge is 0.364 e. The summed E-state index contributed by atoms with van der Waals surface area (Å²) >= 11 is 5.62. The molecule has 0 aliphatic rings. The maximum Gasteiger partial charge on any atom is 0.280 e. The molecule has 2 aromatic rings. The summed E-state index contributed by atoms with van der Waals surface area (Å²) in [5, 5.41) is 6.13. The van der Waals surface area contributed by atoms with Gasteiger partial charge in [-0.3, -0.25) is 10.1 Å². The highest BCUT2D eigenvalue weighted by molar-refractivity contribution is 6.29. The summed E-state index contributed by atoms with van der Waals surface area (Å²) in [4.78, 5) is 19.0. The summed E-state index contributed by atoms with van der Waals surface area (Å²) in [5.74, 6) is -0.332. The third-order valence-electron chi connectivity index (χ3n) is 1.52. The summed E-state index contributed by atoms with van der Waals surface area (Å²) in [7, 11) is 0. The van der Waals surface area contributed by atoms with Crippen molar-refractivity contribution in [1.29, 1.82) is 0 Å². The highest BCUT2D eigenvalue weighted by Gasteiger charge is 2.10. The normalized spacial score (nSPS) is 9.93. The van der Waals surface area contributed by atoms with Crippen molar-refractivity contribution in [3.63, 3.8) is 0 Å². The van der Waals surface area contributed by atoms with Crippen LogP contribution in [0.2, 0.25) is 5.15 Å². The number of rotatable bonds is 2. The van der Waals surface area contributed by atoms with Crippen molar-refractivity contribution in [2.75, 3.05) is 5.32 Å². The van der Waals surface area contributed by atoms with Crippen LogP contribution in [-0.4, -0.2) is 21.0 Å². The van der Waals surface area contributed by atoms with E-state index in [9.17, 15) is 4.79 Å². The fraction of sp³-hybridized carbons (Fsp3) is 0. The van der Waals surface area contributed by atoms with Gasteiger partial charge in [-0.1, -0.05) is 16.8 Å². The standard InChI is InChI=1S/C8H5ClN4O2/c9-6-1-3-10-8(11-6)12-7(14)5-2-4-15-13-5/h1-4H,(H,10,11,12,14). The number of nitrogens with zero attached hydrogens (tertiary/aromatic N) is 3. The SMILES string of the molecule is O=C(Nc1nccc(Cl)n1)c1ccon1. The molecule has 0 saturated heterocycles. The molecule has 2 heterocycles. The van der Waals surface area contributed by atoms with Crippen molar-refractivity contribution >= 4 is 23.5 Å². The zero-order chi connectivity index (χ0) is 10.7. The van der Waals surface area contributed by atoms with Crippen molar-refractivity contribution in [1.82, 2.24) is 15.1 Å². The minimum Gasteiger partial charge on any atom is -0.364 e. The molecule has 0 radical (unpaired) electrons. The lowest BCUT2D eigenvalue weighted by atomic mass is 10.4. The molecule has 1 N–H and O–H groups in total. The van der Waals surface area contributed by atoms with Crippen LogP contribution in [-0.2, 0) is 0 Å². The van der Waals surface area contributed by atoms with Crippen molar-refractivity contribution in [2.24, 2.45) is 0 Å². The summed E-state index contributed by atoms with van der Waals surface area (Å²) in [6, 6.07) is 2.94. The van der Waals surface area contributed by atoms with E-state index in [4.69, 9.17) is 11.6 Å². The number of anilines is 1. The van der Waals surface area contributed by atoms with Gasteiger partial charge in [-0.15, -0.1) is 0 Å². The average Bonchev–Trinajstić information content (AvgIpc) is 2.70. The number of carbonyl (C=O) groups is 1.